The molecule has 0 spiro atoms. The lowest BCUT2D eigenvalue weighted by molar-refractivity contribution is -0.111. The number of amides is 1. The fourth-order valence-electron chi connectivity index (χ4n) is 2.85. The molecule has 3 aromatic carbocycles. The molecule has 0 unspecified atom stereocenters. The predicted octanol–water partition coefficient (Wildman–Crippen LogP) is 5.71. The van der Waals surface area contributed by atoms with E-state index in [4.69, 9.17) is 14.2 Å². The van der Waals surface area contributed by atoms with Crippen LogP contribution in [0.1, 0.15) is 24.5 Å². The van der Waals surface area contributed by atoms with E-state index in [0.29, 0.717) is 30.4 Å². The van der Waals surface area contributed by atoms with Gasteiger partial charge in [0.1, 0.15) is 12.4 Å². The van der Waals surface area contributed by atoms with Crippen molar-refractivity contribution in [3.8, 4) is 17.2 Å². The van der Waals surface area contributed by atoms with Crippen LogP contribution in [0.2, 0.25) is 0 Å². The Bertz CT molecular complexity index is 998. The molecule has 0 heterocycles. The Hall–Kier alpha value is -3.73. The summed E-state index contributed by atoms with van der Waals surface area (Å²) in [6, 6.07) is 22.8. The molecule has 1 N–H and O–H groups in total. The molecule has 0 atom stereocenters. The van der Waals surface area contributed by atoms with Gasteiger partial charge < -0.3 is 19.5 Å². The number of anilines is 1. The Labute approximate surface area is 183 Å². The highest BCUT2D eigenvalue weighted by atomic mass is 16.5. The van der Waals surface area contributed by atoms with E-state index < -0.39 is 0 Å². The Morgan fingerprint density at radius 3 is 2.42 bits per heavy atom. The maximum atomic E-state index is 12.3. The lowest BCUT2D eigenvalue weighted by Crippen LogP contribution is -2.07. The molecule has 0 aliphatic rings. The highest BCUT2D eigenvalue weighted by Gasteiger charge is 2.05. The number of methoxy groups -OCH3 is 1. The largest absolute Gasteiger partial charge is 0.493 e. The van der Waals surface area contributed by atoms with Crippen molar-refractivity contribution in [2.75, 3.05) is 19.0 Å². The first-order chi connectivity index (χ1) is 15.2. The Kier molecular flexibility index (Phi) is 8.12. The number of ether oxygens (including phenoxy) is 3. The summed E-state index contributed by atoms with van der Waals surface area (Å²) in [6.07, 6.45) is 4.14. The highest BCUT2D eigenvalue weighted by molar-refractivity contribution is 6.01. The molecule has 0 saturated heterocycles. The average Bonchev–Trinajstić information content (AvgIpc) is 2.82. The van der Waals surface area contributed by atoms with E-state index in [2.05, 4.69) is 5.32 Å². The molecule has 0 aliphatic carbocycles. The van der Waals surface area contributed by atoms with Gasteiger partial charge >= 0.3 is 0 Å². The number of rotatable bonds is 10. The topological polar surface area (TPSA) is 56.8 Å². The van der Waals surface area contributed by atoms with E-state index in [0.717, 1.165) is 23.3 Å². The summed E-state index contributed by atoms with van der Waals surface area (Å²) in [5.41, 5.74) is 2.65. The van der Waals surface area contributed by atoms with Crippen molar-refractivity contribution in [2.45, 2.75) is 20.0 Å². The fraction of sp³-hybridized carbons (Fsp3) is 0.192. The quantitative estimate of drug-likeness (QED) is 0.429. The third-order valence-electron chi connectivity index (χ3n) is 4.45. The van der Waals surface area contributed by atoms with Gasteiger partial charge in [-0.05, 0) is 60.0 Å². The van der Waals surface area contributed by atoms with Crippen molar-refractivity contribution < 1.29 is 19.0 Å². The molecule has 5 heteroatoms. The Morgan fingerprint density at radius 1 is 0.935 bits per heavy atom. The molecule has 0 bridgehead atoms. The van der Waals surface area contributed by atoms with Gasteiger partial charge in [0.2, 0.25) is 5.91 Å². The molecule has 0 saturated carbocycles. The van der Waals surface area contributed by atoms with Gasteiger partial charge in [0.15, 0.2) is 11.5 Å². The summed E-state index contributed by atoms with van der Waals surface area (Å²) >= 11 is 0. The number of carbonyl (C=O) groups is 1. The van der Waals surface area contributed by atoms with E-state index in [-0.39, 0.29) is 5.91 Å². The van der Waals surface area contributed by atoms with Crippen LogP contribution in [0.3, 0.4) is 0 Å². The van der Waals surface area contributed by atoms with Crippen molar-refractivity contribution >= 4 is 17.7 Å². The summed E-state index contributed by atoms with van der Waals surface area (Å²) in [4.78, 5) is 12.3. The zero-order valence-electron chi connectivity index (χ0n) is 17.8. The van der Waals surface area contributed by atoms with Crippen LogP contribution in [-0.4, -0.2) is 19.6 Å². The second kappa shape index (κ2) is 11.5. The molecule has 3 aromatic rings. The summed E-state index contributed by atoms with van der Waals surface area (Å²) in [5.74, 6) is 1.86. The molecule has 1 amide bonds. The van der Waals surface area contributed by atoms with Crippen molar-refractivity contribution in [2.24, 2.45) is 0 Å². The minimum absolute atomic E-state index is 0.219. The van der Waals surface area contributed by atoms with Gasteiger partial charge in [-0.15, -0.1) is 0 Å². The van der Waals surface area contributed by atoms with Crippen LogP contribution in [0, 0.1) is 0 Å². The first-order valence-electron chi connectivity index (χ1n) is 10.2. The van der Waals surface area contributed by atoms with Gasteiger partial charge in [-0.1, -0.05) is 43.3 Å². The molecule has 0 aromatic heterocycles. The number of benzene rings is 3. The van der Waals surface area contributed by atoms with Crippen LogP contribution in [0.4, 0.5) is 5.69 Å². The Morgan fingerprint density at radius 2 is 1.71 bits per heavy atom. The number of carbonyl (C=O) groups excluding carboxylic acids is 1. The maximum Gasteiger partial charge on any atom is 0.248 e. The van der Waals surface area contributed by atoms with Gasteiger partial charge in [0, 0.05) is 11.8 Å². The molecule has 0 aliphatic heterocycles. The zero-order chi connectivity index (χ0) is 21.9. The molecule has 3 rings (SSSR count). The molecule has 0 fully saturated rings. The van der Waals surface area contributed by atoms with Crippen LogP contribution in [0.25, 0.3) is 6.08 Å². The van der Waals surface area contributed by atoms with Crippen molar-refractivity contribution in [1.82, 2.24) is 0 Å². The van der Waals surface area contributed by atoms with Gasteiger partial charge in [-0.2, -0.15) is 0 Å². The Balaban J connectivity index is 1.53. The van der Waals surface area contributed by atoms with Crippen molar-refractivity contribution in [3.05, 3.63) is 90.0 Å². The molecular formula is C26H27NO4. The molecule has 160 valence electrons. The molecule has 0 radical (unpaired) electrons. The average molecular weight is 418 g/mol. The lowest BCUT2D eigenvalue weighted by Gasteiger charge is -2.10. The minimum Gasteiger partial charge on any atom is -0.493 e. The monoisotopic (exact) mass is 417 g/mol. The van der Waals surface area contributed by atoms with E-state index in [1.165, 1.54) is 6.08 Å². The van der Waals surface area contributed by atoms with E-state index in [1.54, 1.807) is 13.2 Å². The molecule has 31 heavy (non-hydrogen) atoms. The second-order valence-corrected chi connectivity index (χ2v) is 6.88. The van der Waals surface area contributed by atoms with Crippen molar-refractivity contribution in [3.63, 3.8) is 0 Å². The summed E-state index contributed by atoms with van der Waals surface area (Å²) in [6.45, 7) is 3.18. The van der Waals surface area contributed by atoms with Crippen LogP contribution in [0.5, 0.6) is 17.2 Å². The van der Waals surface area contributed by atoms with E-state index in [9.17, 15) is 4.79 Å². The third kappa shape index (κ3) is 6.93. The second-order valence-electron chi connectivity index (χ2n) is 6.88. The van der Waals surface area contributed by atoms with Gasteiger partial charge in [-0.25, -0.2) is 0 Å². The highest BCUT2D eigenvalue weighted by Crippen LogP contribution is 2.28. The first-order valence-corrected chi connectivity index (χ1v) is 10.2. The van der Waals surface area contributed by atoms with Gasteiger partial charge in [0.05, 0.1) is 13.7 Å². The number of hydrogen-bond donors (Lipinski definition) is 1. The van der Waals surface area contributed by atoms with Crippen LogP contribution >= 0.6 is 0 Å². The smallest absolute Gasteiger partial charge is 0.248 e. The molecule has 5 nitrogen and oxygen atoms in total. The predicted molar refractivity (Wildman–Crippen MR) is 124 cm³/mol. The van der Waals surface area contributed by atoms with Gasteiger partial charge in [0.25, 0.3) is 0 Å². The minimum atomic E-state index is -0.219. The van der Waals surface area contributed by atoms with E-state index in [1.807, 2.05) is 79.7 Å². The number of nitrogens with one attached hydrogen (secondary N) is 1. The summed E-state index contributed by atoms with van der Waals surface area (Å²) in [5, 5.41) is 2.84. The maximum absolute atomic E-state index is 12.3. The lowest BCUT2D eigenvalue weighted by atomic mass is 10.2. The van der Waals surface area contributed by atoms with E-state index >= 15 is 0 Å². The summed E-state index contributed by atoms with van der Waals surface area (Å²) in [7, 11) is 1.60. The van der Waals surface area contributed by atoms with Crippen LogP contribution in [-0.2, 0) is 11.4 Å². The third-order valence-corrected chi connectivity index (χ3v) is 4.45. The number of hydrogen-bond acceptors (Lipinski definition) is 4. The van der Waals surface area contributed by atoms with Gasteiger partial charge in [-0.3, -0.25) is 4.79 Å². The van der Waals surface area contributed by atoms with Crippen molar-refractivity contribution in [1.29, 1.82) is 0 Å². The standard InChI is InChI=1S/C26H27NO4/c1-3-17-30-24-15-9-20(18-25(24)29-2)10-16-26(28)27-22-11-13-23(14-12-22)31-19-21-7-5-4-6-8-21/h4-16,18H,3,17,19H2,1-2H3,(H,27,28)/b16-10+. The first kappa shape index (κ1) is 22.0. The van der Waals surface area contributed by atoms with Crippen LogP contribution in [0.15, 0.2) is 78.9 Å². The SMILES string of the molecule is CCCOc1ccc(/C=C/C(=O)Nc2ccc(OCc3ccccc3)cc2)cc1OC. The fourth-order valence-corrected chi connectivity index (χ4v) is 2.85. The zero-order valence-corrected chi connectivity index (χ0v) is 17.8. The molecular weight excluding hydrogens is 390 g/mol. The summed E-state index contributed by atoms with van der Waals surface area (Å²) < 4.78 is 16.8. The normalized spacial score (nSPS) is 10.6. The van der Waals surface area contributed by atoms with Crippen LogP contribution < -0.4 is 19.5 Å².